The van der Waals surface area contributed by atoms with Crippen molar-refractivity contribution in [2.45, 2.75) is 45.2 Å². The molecule has 9 heteroatoms. The molecule has 0 aliphatic rings. The number of hydrogen-bond acceptors (Lipinski definition) is 9. The van der Waals surface area contributed by atoms with Crippen LogP contribution in [0.25, 0.3) is 0 Å². The lowest BCUT2D eigenvalue weighted by Crippen LogP contribution is -2.52. The fraction of sp³-hybridized carbons (Fsp3) is 0.750. The molecule has 0 rings (SSSR count). The first-order valence-corrected chi connectivity index (χ1v) is 6.23. The molecule has 0 saturated carbocycles. The molecule has 0 aromatic heterocycles. The summed E-state index contributed by atoms with van der Waals surface area (Å²) in [6.07, 6.45) is -5.72. The third-order valence-electron chi connectivity index (χ3n) is 2.41. The maximum absolute atomic E-state index is 11.1. The lowest BCUT2D eigenvalue weighted by molar-refractivity contribution is -0.188. The van der Waals surface area contributed by atoms with E-state index in [1.165, 1.54) is 0 Å². The molecule has 0 fully saturated rings. The number of ether oxygens (including phenoxy) is 3. The van der Waals surface area contributed by atoms with Crippen molar-refractivity contribution < 1.29 is 38.8 Å². The number of carbonyl (C=O) groups excluding carboxylic acids is 3. The van der Waals surface area contributed by atoms with Crippen molar-refractivity contribution in [3.05, 3.63) is 0 Å². The second-order valence-electron chi connectivity index (χ2n) is 4.32. The minimum Gasteiger partial charge on any atom is -0.462 e. The molecule has 0 amide bonds. The van der Waals surface area contributed by atoms with Crippen LogP contribution in [0.1, 0.15) is 20.8 Å². The SMILES string of the molecule is CC(=O)OC[C@@H](OC(C)=O)[C@@H](OC(C)=O)[C@H](O)[C@@H](O)CN. The molecule has 0 aromatic rings. The average molecular weight is 307 g/mol. The number of carbonyl (C=O) groups is 3. The van der Waals surface area contributed by atoms with Crippen LogP contribution in [-0.2, 0) is 28.6 Å². The van der Waals surface area contributed by atoms with E-state index < -0.39 is 48.9 Å². The van der Waals surface area contributed by atoms with E-state index in [1.54, 1.807) is 0 Å². The summed E-state index contributed by atoms with van der Waals surface area (Å²) in [5.74, 6) is -2.16. The van der Waals surface area contributed by atoms with E-state index in [0.717, 1.165) is 20.8 Å². The van der Waals surface area contributed by atoms with E-state index in [-0.39, 0.29) is 6.54 Å². The van der Waals surface area contributed by atoms with Crippen LogP contribution in [0.4, 0.5) is 0 Å². The molecule has 122 valence electrons. The first-order chi connectivity index (χ1) is 9.68. The Kier molecular flexibility index (Phi) is 8.51. The van der Waals surface area contributed by atoms with E-state index in [0.29, 0.717) is 0 Å². The van der Waals surface area contributed by atoms with E-state index >= 15 is 0 Å². The zero-order chi connectivity index (χ0) is 16.6. The zero-order valence-corrected chi connectivity index (χ0v) is 12.1. The fourth-order valence-electron chi connectivity index (χ4n) is 1.52. The van der Waals surface area contributed by atoms with Gasteiger partial charge in [-0.3, -0.25) is 14.4 Å². The Balaban J connectivity index is 5.17. The number of hydrogen-bond donors (Lipinski definition) is 3. The Morgan fingerprint density at radius 2 is 1.52 bits per heavy atom. The van der Waals surface area contributed by atoms with Crippen molar-refractivity contribution in [2.75, 3.05) is 13.2 Å². The van der Waals surface area contributed by atoms with Gasteiger partial charge in [0.25, 0.3) is 0 Å². The van der Waals surface area contributed by atoms with Gasteiger partial charge in [-0.25, -0.2) is 0 Å². The molecule has 9 nitrogen and oxygen atoms in total. The predicted octanol–water partition coefficient (Wildman–Crippen LogP) is -1.91. The van der Waals surface area contributed by atoms with Crippen LogP contribution in [0.15, 0.2) is 0 Å². The van der Waals surface area contributed by atoms with Gasteiger partial charge in [-0.15, -0.1) is 0 Å². The number of esters is 3. The maximum atomic E-state index is 11.1. The largest absolute Gasteiger partial charge is 0.462 e. The van der Waals surface area contributed by atoms with E-state index in [9.17, 15) is 24.6 Å². The Bertz CT molecular complexity index is 372. The highest BCUT2D eigenvalue weighted by atomic mass is 16.6. The highest BCUT2D eigenvalue weighted by Gasteiger charge is 2.37. The number of aliphatic hydroxyl groups excluding tert-OH is 2. The second kappa shape index (κ2) is 9.27. The van der Waals surface area contributed by atoms with Crippen LogP contribution in [0.3, 0.4) is 0 Å². The summed E-state index contributed by atoms with van der Waals surface area (Å²) < 4.78 is 14.4. The fourth-order valence-corrected chi connectivity index (χ4v) is 1.52. The summed E-state index contributed by atoms with van der Waals surface area (Å²) in [5.41, 5.74) is 5.22. The van der Waals surface area contributed by atoms with E-state index in [4.69, 9.17) is 19.9 Å². The van der Waals surface area contributed by atoms with Gasteiger partial charge in [-0.2, -0.15) is 0 Å². The lowest BCUT2D eigenvalue weighted by Gasteiger charge is -2.31. The highest BCUT2D eigenvalue weighted by molar-refractivity contribution is 5.68. The average Bonchev–Trinajstić information content (AvgIpc) is 2.38. The van der Waals surface area contributed by atoms with Gasteiger partial charge in [-0.1, -0.05) is 0 Å². The van der Waals surface area contributed by atoms with Crippen LogP contribution in [0, 0.1) is 0 Å². The molecular formula is C12H21NO8. The maximum Gasteiger partial charge on any atom is 0.303 e. The molecule has 0 heterocycles. The molecule has 0 radical (unpaired) electrons. The third-order valence-corrected chi connectivity index (χ3v) is 2.41. The van der Waals surface area contributed by atoms with Gasteiger partial charge in [0, 0.05) is 27.3 Å². The van der Waals surface area contributed by atoms with Crippen LogP contribution in [-0.4, -0.2) is 65.7 Å². The lowest BCUT2D eigenvalue weighted by atomic mass is 10.0. The van der Waals surface area contributed by atoms with Crippen molar-refractivity contribution in [1.29, 1.82) is 0 Å². The molecule has 0 unspecified atom stereocenters. The van der Waals surface area contributed by atoms with Gasteiger partial charge in [-0.05, 0) is 0 Å². The van der Waals surface area contributed by atoms with Crippen molar-refractivity contribution in [2.24, 2.45) is 5.73 Å². The van der Waals surface area contributed by atoms with E-state index in [2.05, 4.69) is 0 Å². The Morgan fingerprint density at radius 3 is 1.90 bits per heavy atom. The number of rotatable bonds is 8. The molecule has 4 N–H and O–H groups in total. The molecule has 0 aliphatic carbocycles. The minimum absolute atomic E-state index is 0.306. The van der Waals surface area contributed by atoms with Crippen LogP contribution in [0.5, 0.6) is 0 Å². The minimum atomic E-state index is -1.61. The smallest absolute Gasteiger partial charge is 0.303 e. The topological polar surface area (TPSA) is 145 Å². The number of nitrogens with two attached hydrogens (primary N) is 1. The molecule has 0 aliphatic heterocycles. The van der Waals surface area contributed by atoms with Gasteiger partial charge in [0.05, 0.1) is 6.10 Å². The number of aliphatic hydroxyl groups is 2. The summed E-state index contributed by atoms with van der Waals surface area (Å²) in [7, 11) is 0. The standard InChI is InChI=1S/C12H21NO8/c1-6(14)19-5-10(20-7(2)15)12(21-8(3)16)11(18)9(17)4-13/h9-12,17-18H,4-5,13H2,1-3H3/t9-,10+,11+,12+/m0/s1. The summed E-state index contributed by atoms with van der Waals surface area (Å²) in [6, 6.07) is 0. The molecule has 0 spiro atoms. The van der Waals surface area contributed by atoms with Crippen molar-refractivity contribution in [3.63, 3.8) is 0 Å². The second-order valence-corrected chi connectivity index (χ2v) is 4.32. The van der Waals surface area contributed by atoms with Gasteiger partial charge < -0.3 is 30.2 Å². The molecule has 0 bridgehead atoms. The zero-order valence-electron chi connectivity index (χ0n) is 12.1. The Morgan fingerprint density at radius 1 is 1.00 bits per heavy atom. The predicted molar refractivity (Wildman–Crippen MR) is 68.8 cm³/mol. The molecule has 0 aromatic carbocycles. The first kappa shape index (κ1) is 19.3. The molecular weight excluding hydrogens is 286 g/mol. The van der Waals surface area contributed by atoms with Gasteiger partial charge >= 0.3 is 17.9 Å². The Labute approximate surface area is 122 Å². The quantitative estimate of drug-likeness (QED) is 0.345. The first-order valence-electron chi connectivity index (χ1n) is 6.23. The summed E-state index contributed by atoms with van der Waals surface area (Å²) in [6.45, 7) is 2.56. The molecule has 4 atom stereocenters. The van der Waals surface area contributed by atoms with Gasteiger partial charge in [0.2, 0.25) is 0 Å². The van der Waals surface area contributed by atoms with Crippen molar-refractivity contribution in [1.82, 2.24) is 0 Å². The summed E-state index contributed by atoms with van der Waals surface area (Å²) in [5, 5.41) is 19.5. The summed E-state index contributed by atoms with van der Waals surface area (Å²) >= 11 is 0. The van der Waals surface area contributed by atoms with Crippen molar-refractivity contribution in [3.8, 4) is 0 Å². The van der Waals surface area contributed by atoms with Crippen molar-refractivity contribution >= 4 is 17.9 Å². The normalized spacial score (nSPS) is 16.3. The molecule has 21 heavy (non-hydrogen) atoms. The van der Waals surface area contributed by atoms with Crippen LogP contribution >= 0.6 is 0 Å². The Hall–Kier alpha value is -1.71. The van der Waals surface area contributed by atoms with Gasteiger partial charge in [0.15, 0.2) is 12.2 Å². The monoisotopic (exact) mass is 307 g/mol. The highest BCUT2D eigenvalue weighted by Crippen LogP contribution is 2.14. The van der Waals surface area contributed by atoms with E-state index in [1.807, 2.05) is 0 Å². The summed E-state index contributed by atoms with van der Waals surface area (Å²) in [4.78, 5) is 33.0. The van der Waals surface area contributed by atoms with Crippen LogP contribution < -0.4 is 5.73 Å². The van der Waals surface area contributed by atoms with Crippen LogP contribution in [0.2, 0.25) is 0 Å². The molecule has 0 saturated heterocycles. The van der Waals surface area contributed by atoms with Gasteiger partial charge in [0.1, 0.15) is 12.7 Å². The third kappa shape index (κ3) is 7.59.